The Morgan fingerprint density at radius 1 is 1.10 bits per heavy atom. The van der Waals surface area contributed by atoms with Crippen molar-refractivity contribution in [3.05, 3.63) is 29.8 Å². The van der Waals surface area contributed by atoms with Crippen LogP contribution in [0.5, 0.6) is 5.75 Å². The summed E-state index contributed by atoms with van der Waals surface area (Å²) in [6.45, 7) is 1.04. The Morgan fingerprint density at radius 3 is 2.30 bits per heavy atom. The van der Waals surface area contributed by atoms with Gasteiger partial charge >= 0.3 is 5.97 Å². The third-order valence-corrected chi connectivity index (χ3v) is 4.79. The number of carboxylic acids is 1. The third-order valence-electron chi connectivity index (χ3n) is 4.15. The summed E-state index contributed by atoms with van der Waals surface area (Å²) in [6, 6.07) is 3.33. The molecule has 3 amide bonds. The van der Waals surface area contributed by atoms with E-state index in [0.29, 0.717) is 5.75 Å². The average Bonchev–Trinajstić information content (AvgIpc) is 2.70. The number of amides is 3. The van der Waals surface area contributed by atoms with Crippen LogP contribution in [0.25, 0.3) is 0 Å². The summed E-state index contributed by atoms with van der Waals surface area (Å²) in [6.07, 6.45) is 2.31. The molecule has 11 heteroatoms. The van der Waals surface area contributed by atoms with Crippen LogP contribution in [-0.4, -0.2) is 70.6 Å². The smallest absolute Gasteiger partial charge is 0.326 e. The first kappa shape index (κ1) is 25.2. The summed E-state index contributed by atoms with van der Waals surface area (Å²) in [5.41, 5.74) is 6.57. The van der Waals surface area contributed by atoms with Gasteiger partial charge in [-0.1, -0.05) is 12.1 Å². The van der Waals surface area contributed by atoms with Crippen LogP contribution >= 0.6 is 11.8 Å². The number of nitrogens with one attached hydrogen (secondary N) is 3. The summed E-state index contributed by atoms with van der Waals surface area (Å²) < 4.78 is 0. The number of nitrogens with two attached hydrogens (primary N) is 1. The van der Waals surface area contributed by atoms with Crippen molar-refractivity contribution in [1.82, 2.24) is 16.0 Å². The molecule has 0 spiro atoms. The minimum Gasteiger partial charge on any atom is -0.508 e. The Kier molecular flexibility index (Phi) is 10.7. The first-order chi connectivity index (χ1) is 14.1. The molecular formula is C19H28N4O6S. The molecular weight excluding hydrogens is 412 g/mol. The van der Waals surface area contributed by atoms with Crippen LogP contribution in [-0.2, 0) is 25.6 Å². The number of rotatable bonds is 12. The van der Waals surface area contributed by atoms with E-state index in [1.807, 2.05) is 6.26 Å². The van der Waals surface area contributed by atoms with E-state index in [4.69, 9.17) is 10.8 Å². The van der Waals surface area contributed by atoms with E-state index in [2.05, 4.69) is 16.0 Å². The summed E-state index contributed by atoms with van der Waals surface area (Å²) in [7, 11) is 0. The number of thioether (sulfide) groups is 1. The molecule has 0 aliphatic rings. The molecule has 0 saturated carbocycles. The number of carbonyl (C=O) groups excluding carboxylic acids is 3. The highest BCUT2D eigenvalue weighted by Gasteiger charge is 2.24. The normalized spacial score (nSPS) is 13.6. The fraction of sp³-hybridized carbons (Fsp3) is 0.474. The Labute approximate surface area is 179 Å². The highest BCUT2D eigenvalue weighted by atomic mass is 32.2. The van der Waals surface area contributed by atoms with E-state index in [-0.39, 0.29) is 25.1 Å². The lowest BCUT2D eigenvalue weighted by Crippen LogP contribution is -2.52. The number of benzene rings is 1. The van der Waals surface area contributed by atoms with Crippen LogP contribution in [0.4, 0.5) is 0 Å². The first-order valence-electron chi connectivity index (χ1n) is 9.26. The summed E-state index contributed by atoms with van der Waals surface area (Å²) in [5, 5.41) is 25.6. The maximum atomic E-state index is 12.1. The Balaban J connectivity index is 2.42. The van der Waals surface area contributed by atoms with Crippen molar-refractivity contribution in [1.29, 1.82) is 0 Å². The summed E-state index contributed by atoms with van der Waals surface area (Å²) in [4.78, 5) is 47.3. The topological polar surface area (TPSA) is 171 Å². The fourth-order valence-electron chi connectivity index (χ4n) is 2.43. The van der Waals surface area contributed by atoms with Gasteiger partial charge in [0.15, 0.2) is 0 Å². The second-order valence-electron chi connectivity index (χ2n) is 6.66. The first-order valence-corrected chi connectivity index (χ1v) is 10.7. The number of carboxylic acid groups (broad SMARTS) is 1. The molecule has 7 N–H and O–H groups in total. The van der Waals surface area contributed by atoms with Gasteiger partial charge in [-0.3, -0.25) is 14.4 Å². The van der Waals surface area contributed by atoms with Gasteiger partial charge in [0.05, 0.1) is 12.6 Å². The highest BCUT2D eigenvalue weighted by Crippen LogP contribution is 2.10. The van der Waals surface area contributed by atoms with Crippen molar-refractivity contribution >= 4 is 35.5 Å². The van der Waals surface area contributed by atoms with E-state index in [9.17, 15) is 24.3 Å². The monoisotopic (exact) mass is 440 g/mol. The van der Waals surface area contributed by atoms with E-state index < -0.39 is 41.8 Å². The molecule has 0 aromatic heterocycles. The van der Waals surface area contributed by atoms with E-state index in [1.165, 1.54) is 30.8 Å². The van der Waals surface area contributed by atoms with Crippen LogP contribution in [0.3, 0.4) is 0 Å². The second kappa shape index (κ2) is 12.7. The molecule has 0 radical (unpaired) electrons. The van der Waals surface area contributed by atoms with Crippen LogP contribution < -0.4 is 21.7 Å². The van der Waals surface area contributed by atoms with Gasteiger partial charge in [0.25, 0.3) is 0 Å². The number of hydrogen-bond donors (Lipinski definition) is 6. The zero-order valence-electron chi connectivity index (χ0n) is 16.9. The Morgan fingerprint density at radius 2 is 1.73 bits per heavy atom. The molecule has 0 saturated heterocycles. The van der Waals surface area contributed by atoms with Crippen molar-refractivity contribution < 1.29 is 29.4 Å². The minimum atomic E-state index is -1.15. The lowest BCUT2D eigenvalue weighted by Gasteiger charge is -2.19. The van der Waals surface area contributed by atoms with Gasteiger partial charge < -0.3 is 31.9 Å². The molecule has 1 aromatic rings. The van der Waals surface area contributed by atoms with Crippen molar-refractivity contribution in [3.63, 3.8) is 0 Å². The number of aromatic hydroxyl groups is 1. The van der Waals surface area contributed by atoms with Crippen molar-refractivity contribution in [2.24, 2.45) is 5.73 Å². The standard InChI is InChI=1S/C19H28N4O6S/c1-11(17(26)23-15(19(28)29)7-8-30-2)22-16(25)10-21-18(27)14(20)9-12-3-5-13(24)6-4-12/h3-6,11,14-15,24H,7-10,20H2,1-2H3,(H,21,27)(H,22,25)(H,23,26)(H,28,29). The molecule has 0 aliphatic heterocycles. The molecule has 0 bridgehead atoms. The molecule has 3 unspecified atom stereocenters. The lowest BCUT2D eigenvalue weighted by molar-refractivity contribution is -0.142. The molecule has 30 heavy (non-hydrogen) atoms. The SMILES string of the molecule is CSCCC(NC(=O)C(C)NC(=O)CNC(=O)C(N)Cc1ccc(O)cc1)C(=O)O. The second-order valence-corrected chi connectivity index (χ2v) is 7.65. The van der Waals surface area contributed by atoms with Crippen LogP contribution in [0.2, 0.25) is 0 Å². The maximum Gasteiger partial charge on any atom is 0.326 e. The lowest BCUT2D eigenvalue weighted by atomic mass is 10.1. The molecule has 0 fully saturated rings. The number of hydrogen-bond acceptors (Lipinski definition) is 7. The van der Waals surface area contributed by atoms with Gasteiger partial charge in [-0.15, -0.1) is 0 Å². The number of phenolic OH excluding ortho intramolecular Hbond substituents is 1. The largest absolute Gasteiger partial charge is 0.508 e. The average molecular weight is 441 g/mol. The van der Waals surface area contributed by atoms with Crippen LogP contribution in [0, 0.1) is 0 Å². The van der Waals surface area contributed by atoms with Crippen molar-refractivity contribution in [2.75, 3.05) is 18.6 Å². The number of aliphatic carboxylic acids is 1. The highest BCUT2D eigenvalue weighted by molar-refractivity contribution is 7.98. The zero-order chi connectivity index (χ0) is 22.7. The molecule has 10 nitrogen and oxygen atoms in total. The van der Waals surface area contributed by atoms with Gasteiger partial charge in [0.2, 0.25) is 17.7 Å². The quantitative estimate of drug-likeness (QED) is 0.245. The fourth-order valence-corrected chi connectivity index (χ4v) is 2.90. The van der Waals surface area contributed by atoms with E-state index in [1.54, 1.807) is 12.1 Å². The minimum absolute atomic E-state index is 0.102. The van der Waals surface area contributed by atoms with E-state index in [0.717, 1.165) is 5.56 Å². The zero-order valence-corrected chi connectivity index (χ0v) is 17.7. The molecule has 0 heterocycles. The molecule has 1 aromatic carbocycles. The molecule has 0 aliphatic carbocycles. The number of carbonyl (C=O) groups is 4. The van der Waals surface area contributed by atoms with Crippen LogP contribution in [0.15, 0.2) is 24.3 Å². The van der Waals surface area contributed by atoms with Gasteiger partial charge in [0, 0.05) is 0 Å². The Bertz CT molecular complexity index is 743. The molecule has 1 rings (SSSR count). The Hall–Kier alpha value is -2.79. The van der Waals surface area contributed by atoms with Crippen molar-refractivity contribution in [2.45, 2.75) is 37.9 Å². The molecule has 3 atom stereocenters. The van der Waals surface area contributed by atoms with Gasteiger partial charge in [0.1, 0.15) is 17.8 Å². The third kappa shape index (κ3) is 9.14. The van der Waals surface area contributed by atoms with Gasteiger partial charge in [-0.05, 0) is 49.5 Å². The van der Waals surface area contributed by atoms with Crippen molar-refractivity contribution in [3.8, 4) is 5.75 Å². The maximum absolute atomic E-state index is 12.1. The van der Waals surface area contributed by atoms with E-state index >= 15 is 0 Å². The predicted molar refractivity (Wildman–Crippen MR) is 113 cm³/mol. The molecule has 166 valence electrons. The number of phenols is 1. The predicted octanol–water partition coefficient (Wildman–Crippen LogP) is -0.795. The van der Waals surface area contributed by atoms with Gasteiger partial charge in [-0.25, -0.2) is 4.79 Å². The van der Waals surface area contributed by atoms with Gasteiger partial charge in [-0.2, -0.15) is 11.8 Å². The van der Waals surface area contributed by atoms with Crippen LogP contribution in [0.1, 0.15) is 18.9 Å². The summed E-state index contributed by atoms with van der Waals surface area (Å²) >= 11 is 1.46. The summed E-state index contributed by atoms with van der Waals surface area (Å²) in [5.74, 6) is -2.27.